The number of phenolic OH excluding ortho intramolecular Hbond substituents is 1. The van der Waals surface area contributed by atoms with Gasteiger partial charge in [-0.2, -0.15) is 0 Å². The van der Waals surface area contributed by atoms with Crippen molar-refractivity contribution >= 4 is 5.69 Å². The van der Waals surface area contributed by atoms with Crippen molar-refractivity contribution in [2.45, 2.75) is 20.1 Å². The number of rotatable bonds is 2. The molecule has 0 bridgehead atoms. The number of anilines is 1. The lowest BCUT2D eigenvalue weighted by Crippen LogP contribution is -2.11. The van der Waals surface area contributed by atoms with E-state index >= 15 is 0 Å². The van der Waals surface area contributed by atoms with Crippen molar-refractivity contribution in [3.63, 3.8) is 0 Å². The number of aliphatic hydroxyl groups is 1. The van der Waals surface area contributed by atoms with Gasteiger partial charge in [-0.1, -0.05) is 0 Å². The average Bonchev–Trinajstić information content (AvgIpc) is 1.99. The molecule has 0 saturated heterocycles. The van der Waals surface area contributed by atoms with E-state index in [1.54, 1.807) is 13.0 Å². The number of phenols is 1. The van der Waals surface area contributed by atoms with E-state index in [1.165, 1.54) is 13.0 Å². The van der Waals surface area contributed by atoms with Gasteiger partial charge in [0, 0.05) is 6.07 Å². The second kappa shape index (κ2) is 3.53. The number of hydrogen-bond donors (Lipinski definition) is 3. The molecule has 0 amide bonds. The predicted molar refractivity (Wildman–Crippen MR) is 49.6 cm³/mol. The van der Waals surface area contributed by atoms with Crippen LogP contribution in [0, 0.1) is 6.92 Å². The van der Waals surface area contributed by atoms with Crippen LogP contribution in [-0.2, 0) is 0 Å². The fraction of sp³-hybridized carbons (Fsp3) is 0.333. The smallest absolute Gasteiger partial charge is 0.194 e. The Kier molecular flexibility index (Phi) is 2.63. The van der Waals surface area contributed by atoms with E-state index in [1.807, 2.05) is 0 Å². The Morgan fingerprint density at radius 2 is 2.08 bits per heavy atom. The molecule has 4 N–H and O–H groups in total. The minimum Gasteiger partial charge on any atom is -0.508 e. The molecule has 1 unspecified atom stereocenters. The summed E-state index contributed by atoms with van der Waals surface area (Å²) in [5.41, 5.74) is 6.51. The first-order valence-electron chi connectivity index (χ1n) is 3.94. The van der Waals surface area contributed by atoms with Crippen LogP contribution in [0.15, 0.2) is 12.1 Å². The highest BCUT2D eigenvalue weighted by Gasteiger charge is 2.06. The molecular weight excluding hydrogens is 170 g/mol. The highest BCUT2D eigenvalue weighted by molar-refractivity contribution is 5.58. The van der Waals surface area contributed by atoms with Crippen molar-refractivity contribution in [1.82, 2.24) is 0 Å². The summed E-state index contributed by atoms with van der Waals surface area (Å²) in [6.45, 7) is 3.21. The maximum atomic E-state index is 9.26. The summed E-state index contributed by atoms with van der Waals surface area (Å²) in [6.07, 6.45) is -0.911. The third kappa shape index (κ3) is 2.26. The third-order valence-electron chi connectivity index (χ3n) is 1.63. The van der Waals surface area contributed by atoms with Crippen molar-refractivity contribution in [3.8, 4) is 11.5 Å². The fourth-order valence-corrected chi connectivity index (χ4v) is 0.972. The van der Waals surface area contributed by atoms with Crippen LogP contribution in [0.5, 0.6) is 11.5 Å². The second-order valence-corrected chi connectivity index (χ2v) is 2.89. The lowest BCUT2D eigenvalue weighted by Gasteiger charge is -2.12. The van der Waals surface area contributed by atoms with Crippen LogP contribution in [0.3, 0.4) is 0 Å². The van der Waals surface area contributed by atoms with Crippen LogP contribution < -0.4 is 10.5 Å². The number of aliphatic hydroxyl groups excluding tert-OH is 1. The van der Waals surface area contributed by atoms with Gasteiger partial charge in [0.2, 0.25) is 0 Å². The first kappa shape index (κ1) is 9.67. The third-order valence-corrected chi connectivity index (χ3v) is 1.63. The van der Waals surface area contributed by atoms with E-state index in [9.17, 15) is 5.11 Å². The molecule has 72 valence electrons. The van der Waals surface area contributed by atoms with Crippen molar-refractivity contribution in [1.29, 1.82) is 0 Å². The molecule has 0 aliphatic rings. The van der Waals surface area contributed by atoms with E-state index in [-0.39, 0.29) is 5.75 Å². The maximum Gasteiger partial charge on any atom is 0.194 e. The van der Waals surface area contributed by atoms with Crippen LogP contribution in [0.2, 0.25) is 0 Å². The summed E-state index contributed by atoms with van der Waals surface area (Å²) in [5.74, 6) is 0.501. The highest BCUT2D eigenvalue weighted by Crippen LogP contribution is 2.29. The largest absolute Gasteiger partial charge is 0.508 e. The van der Waals surface area contributed by atoms with E-state index in [2.05, 4.69) is 0 Å². The van der Waals surface area contributed by atoms with Gasteiger partial charge in [-0.3, -0.25) is 0 Å². The minimum atomic E-state index is -0.911. The number of nitrogens with two attached hydrogens (primary N) is 1. The van der Waals surface area contributed by atoms with Gasteiger partial charge in [0.1, 0.15) is 11.5 Å². The van der Waals surface area contributed by atoms with Crippen LogP contribution in [0.25, 0.3) is 0 Å². The van der Waals surface area contributed by atoms with Crippen molar-refractivity contribution in [2.24, 2.45) is 0 Å². The van der Waals surface area contributed by atoms with Crippen LogP contribution in [-0.4, -0.2) is 16.5 Å². The molecule has 0 saturated carbocycles. The van der Waals surface area contributed by atoms with Gasteiger partial charge in [-0.25, -0.2) is 0 Å². The lowest BCUT2D eigenvalue weighted by atomic mass is 10.2. The van der Waals surface area contributed by atoms with Gasteiger partial charge in [0.15, 0.2) is 6.29 Å². The van der Waals surface area contributed by atoms with Crippen molar-refractivity contribution in [3.05, 3.63) is 17.7 Å². The van der Waals surface area contributed by atoms with Crippen LogP contribution in [0.4, 0.5) is 5.69 Å². The minimum absolute atomic E-state index is 0.121. The topological polar surface area (TPSA) is 75.7 Å². The number of benzene rings is 1. The van der Waals surface area contributed by atoms with E-state index in [4.69, 9.17) is 15.6 Å². The quantitative estimate of drug-likeness (QED) is 0.472. The number of ether oxygens (including phenoxy) is 1. The molecule has 0 spiro atoms. The molecule has 0 aromatic heterocycles. The molecule has 0 heterocycles. The Balaban J connectivity index is 3.01. The monoisotopic (exact) mass is 183 g/mol. The molecular formula is C9H13NO3. The highest BCUT2D eigenvalue weighted by atomic mass is 16.6. The Morgan fingerprint density at radius 1 is 1.46 bits per heavy atom. The van der Waals surface area contributed by atoms with E-state index in [0.717, 1.165) is 0 Å². The first-order valence-corrected chi connectivity index (χ1v) is 3.94. The van der Waals surface area contributed by atoms with Crippen molar-refractivity contribution < 1.29 is 14.9 Å². The number of aryl methyl sites for hydroxylation is 1. The molecule has 0 radical (unpaired) electrons. The molecule has 0 aliphatic carbocycles. The molecule has 1 rings (SSSR count). The zero-order chi connectivity index (χ0) is 10.0. The lowest BCUT2D eigenvalue weighted by molar-refractivity contribution is 0.000205. The molecule has 1 atom stereocenters. The van der Waals surface area contributed by atoms with Gasteiger partial charge in [-0.15, -0.1) is 0 Å². The standard InChI is InChI=1S/C9H13NO3/c1-5-3-9(13-6(2)11)7(10)4-8(5)12/h3-4,6,11-12H,10H2,1-2H3. The summed E-state index contributed by atoms with van der Waals surface area (Å²) in [5, 5.41) is 18.2. The molecule has 1 aromatic carbocycles. The van der Waals surface area contributed by atoms with E-state index < -0.39 is 6.29 Å². The summed E-state index contributed by atoms with van der Waals surface area (Å²) in [6, 6.07) is 2.98. The summed E-state index contributed by atoms with van der Waals surface area (Å²) < 4.78 is 5.00. The normalized spacial score (nSPS) is 12.5. The molecule has 0 aliphatic heterocycles. The Labute approximate surface area is 76.6 Å². The fourth-order valence-electron chi connectivity index (χ4n) is 0.972. The van der Waals surface area contributed by atoms with Gasteiger partial charge in [0.05, 0.1) is 5.69 Å². The number of aromatic hydroxyl groups is 1. The molecule has 4 nitrogen and oxygen atoms in total. The maximum absolute atomic E-state index is 9.26. The molecule has 1 aromatic rings. The van der Waals surface area contributed by atoms with Crippen molar-refractivity contribution in [2.75, 3.05) is 5.73 Å². The van der Waals surface area contributed by atoms with Gasteiger partial charge in [-0.05, 0) is 25.5 Å². The van der Waals surface area contributed by atoms with E-state index in [0.29, 0.717) is 17.0 Å². The Hall–Kier alpha value is -1.42. The van der Waals surface area contributed by atoms with Gasteiger partial charge in [0.25, 0.3) is 0 Å². The zero-order valence-electron chi connectivity index (χ0n) is 7.61. The average molecular weight is 183 g/mol. The molecule has 0 fully saturated rings. The number of nitrogen functional groups attached to an aromatic ring is 1. The first-order chi connectivity index (χ1) is 6.00. The van der Waals surface area contributed by atoms with Gasteiger partial charge >= 0.3 is 0 Å². The van der Waals surface area contributed by atoms with Crippen LogP contribution >= 0.6 is 0 Å². The summed E-state index contributed by atoms with van der Waals surface area (Å²) in [7, 11) is 0. The van der Waals surface area contributed by atoms with Gasteiger partial charge < -0.3 is 20.7 Å². The predicted octanol–water partition coefficient (Wildman–Crippen LogP) is 1.000. The molecule has 4 heteroatoms. The summed E-state index contributed by atoms with van der Waals surface area (Å²) in [4.78, 5) is 0. The van der Waals surface area contributed by atoms with Crippen LogP contribution in [0.1, 0.15) is 12.5 Å². The Bertz CT molecular complexity index is 310. The molecule has 13 heavy (non-hydrogen) atoms. The zero-order valence-corrected chi connectivity index (χ0v) is 7.61. The summed E-state index contributed by atoms with van der Waals surface area (Å²) >= 11 is 0. The number of hydrogen-bond acceptors (Lipinski definition) is 4. The second-order valence-electron chi connectivity index (χ2n) is 2.89. The Morgan fingerprint density at radius 3 is 2.62 bits per heavy atom. The SMILES string of the molecule is Cc1cc(OC(C)O)c(N)cc1O.